The zero-order valence-corrected chi connectivity index (χ0v) is 50.9. The standard InChI is InChI=1S/C27H35N3O3.C15H20N2.C15H19NO4.C12H18N2/c1-27(2,3)33-26(32)30-19-22-12-8-7-11-21(22)17-24(30)25(31)28-23-13-15-29(16-14-23)18-20-9-5-4-6-10-20;1-13-7-9-14(10-8-13)11-16-12-17-15-5-3-2-4-6-15;1-15(2,3)20-14(19)16-9-11-7-5-4-6-10(11)8-12(16)13(17)18;13-12-6-8-14(9-7-12)10-11-4-2-1-3-5-11/h4-12,23-24H,13-19H2,1-3H3,(H,28,31);7-10,15H,2-6,11H2,1H3;4-7,12H,8-9H2,1-3H3,(H,17,18);1-5,12H,6-10,13H2/t24-;;12-;/m0.0./s1. The average Bonchev–Trinajstić information content (AvgIpc) is 3.51. The molecular weight excluding hydrogens is 1050 g/mol. The van der Waals surface area contributed by atoms with E-state index in [1.165, 1.54) is 59.3 Å². The molecule has 1 aliphatic carbocycles. The molecule has 5 aromatic carbocycles. The van der Waals surface area contributed by atoms with Crippen LogP contribution in [0, 0.1) is 6.92 Å². The van der Waals surface area contributed by atoms with E-state index in [4.69, 9.17) is 15.2 Å². The van der Waals surface area contributed by atoms with Crippen LogP contribution >= 0.6 is 0 Å². The molecule has 10 rings (SSSR count). The molecule has 450 valence electrons. The predicted octanol–water partition coefficient (Wildman–Crippen LogP) is 12.2. The predicted molar refractivity (Wildman–Crippen MR) is 332 cm³/mol. The van der Waals surface area contributed by atoms with Crippen LogP contribution in [0.3, 0.4) is 0 Å². The lowest BCUT2D eigenvalue weighted by atomic mass is 9.93. The Hall–Kier alpha value is -7.16. The third-order valence-electron chi connectivity index (χ3n) is 15.7. The summed E-state index contributed by atoms with van der Waals surface area (Å²) in [7, 11) is 0. The van der Waals surface area contributed by atoms with Gasteiger partial charge in [0.25, 0.3) is 0 Å². The second-order valence-electron chi connectivity index (χ2n) is 25.0. The van der Waals surface area contributed by atoms with Crippen molar-refractivity contribution in [1.82, 2.24) is 24.9 Å². The molecule has 0 bridgehead atoms. The second kappa shape index (κ2) is 31.7. The lowest BCUT2D eigenvalue weighted by Gasteiger charge is -2.38. The van der Waals surface area contributed by atoms with E-state index < -0.39 is 41.4 Å². The van der Waals surface area contributed by atoms with Gasteiger partial charge in [0.05, 0.1) is 31.7 Å². The molecule has 3 amide bonds. The normalized spacial score (nSPS) is 18.7. The van der Waals surface area contributed by atoms with E-state index in [-0.39, 0.29) is 18.5 Å². The number of aryl methyl sites for hydroxylation is 1. The van der Waals surface area contributed by atoms with Gasteiger partial charge in [-0.25, -0.2) is 24.4 Å². The van der Waals surface area contributed by atoms with Crippen LogP contribution in [0.4, 0.5) is 9.59 Å². The van der Waals surface area contributed by atoms with Crippen molar-refractivity contribution in [3.8, 4) is 0 Å². The SMILES string of the molecule is CC(C)(C)OC(=O)N1Cc2ccccc2C[C@H]1C(=O)NC1CCN(Cc2ccccc2)CC1.CC(C)(C)OC(=O)N1Cc2ccccc2C[C@H]1C(=O)O.Cc1ccc(CN=C=NC2CCCCC2)cc1.NC1CCN(Cc2ccccc2)CC1. The summed E-state index contributed by atoms with van der Waals surface area (Å²) in [6, 6.07) is 47.6. The summed E-state index contributed by atoms with van der Waals surface area (Å²) in [5, 5.41) is 12.6. The first-order chi connectivity index (χ1) is 40.2. The van der Waals surface area contributed by atoms with Gasteiger partial charge in [-0.2, -0.15) is 0 Å². The molecule has 4 aliphatic heterocycles. The average molecular weight is 1150 g/mol. The first-order valence-electron chi connectivity index (χ1n) is 30.4. The third kappa shape index (κ3) is 21.5. The molecule has 4 N–H and O–H groups in total. The number of carbonyl (C=O) groups excluding carboxylic acids is 3. The Morgan fingerprint density at radius 2 is 1.01 bits per heavy atom. The molecule has 15 heteroatoms. The number of piperidine rings is 2. The number of amides is 3. The molecule has 15 nitrogen and oxygen atoms in total. The van der Waals surface area contributed by atoms with Gasteiger partial charge in [-0.05, 0) is 139 Å². The molecule has 1 saturated carbocycles. The van der Waals surface area contributed by atoms with Crippen molar-refractivity contribution >= 4 is 30.1 Å². The zero-order valence-electron chi connectivity index (χ0n) is 50.9. The number of aliphatic imine (C=N–C) groups is 2. The molecule has 4 heterocycles. The zero-order chi connectivity index (χ0) is 60.1. The summed E-state index contributed by atoms with van der Waals surface area (Å²) in [6.07, 6.45) is 10.3. The number of nitrogens with two attached hydrogens (primary N) is 1. The van der Waals surface area contributed by atoms with Gasteiger partial charge >= 0.3 is 18.2 Å². The van der Waals surface area contributed by atoms with Crippen LogP contribution in [0.15, 0.2) is 143 Å². The Morgan fingerprint density at radius 1 is 0.571 bits per heavy atom. The Morgan fingerprint density at radius 3 is 1.49 bits per heavy atom. The van der Waals surface area contributed by atoms with Crippen molar-refractivity contribution in [1.29, 1.82) is 0 Å². The molecule has 2 atom stereocenters. The van der Waals surface area contributed by atoms with Crippen molar-refractivity contribution in [2.24, 2.45) is 15.7 Å². The Labute approximate surface area is 499 Å². The molecule has 5 aliphatic rings. The van der Waals surface area contributed by atoms with Crippen molar-refractivity contribution in [2.45, 2.75) is 193 Å². The number of fused-ring (bicyclic) bond motifs is 2. The summed E-state index contributed by atoms with van der Waals surface area (Å²) in [4.78, 5) is 66.3. The number of nitrogens with zero attached hydrogens (tertiary/aromatic N) is 6. The third-order valence-corrected chi connectivity index (χ3v) is 15.7. The van der Waals surface area contributed by atoms with Crippen LogP contribution in [0.2, 0.25) is 0 Å². The van der Waals surface area contributed by atoms with Gasteiger partial charge in [-0.15, -0.1) is 0 Å². The van der Waals surface area contributed by atoms with E-state index in [0.29, 0.717) is 38.0 Å². The highest BCUT2D eigenvalue weighted by Gasteiger charge is 2.39. The molecule has 0 unspecified atom stereocenters. The number of hydrogen-bond acceptors (Lipinski definition) is 11. The minimum atomic E-state index is -1.01. The van der Waals surface area contributed by atoms with Crippen LogP contribution in [0.5, 0.6) is 0 Å². The number of hydrogen-bond donors (Lipinski definition) is 3. The van der Waals surface area contributed by atoms with E-state index in [2.05, 4.69) is 117 Å². The number of nitrogens with one attached hydrogen (secondary N) is 1. The quantitative estimate of drug-likeness (QED) is 0.114. The molecule has 2 saturated heterocycles. The largest absolute Gasteiger partial charge is 0.480 e. The van der Waals surface area contributed by atoms with Gasteiger partial charge in [-0.1, -0.05) is 158 Å². The maximum Gasteiger partial charge on any atom is 0.411 e. The van der Waals surface area contributed by atoms with E-state index in [1.54, 1.807) is 25.7 Å². The van der Waals surface area contributed by atoms with Crippen LogP contribution in [-0.4, -0.2) is 122 Å². The summed E-state index contributed by atoms with van der Waals surface area (Å²) in [5.74, 6) is -1.10. The number of ether oxygens (including phenoxy) is 2. The highest BCUT2D eigenvalue weighted by atomic mass is 16.6. The van der Waals surface area contributed by atoms with Crippen molar-refractivity contribution in [2.75, 3.05) is 26.2 Å². The fraction of sp³-hybridized carbons (Fsp3) is 0.493. The van der Waals surface area contributed by atoms with E-state index in [9.17, 15) is 24.3 Å². The van der Waals surface area contributed by atoms with E-state index in [1.807, 2.05) is 75.4 Å². The number of rotatable bonds is 10. The van der Waals surface area contributed by atoms with Crippen LogP contribution in [0.25, 0.3) is 0 Å². The monoisotopic (exact) mass is 1140 g/mol. The minimum absolute atomic E-state index is 0.0862. The molecule has 0 aromatic heterocycles. The van der Waals surface area contributed by atoms with Gasteiger partial charge in [0.2, 0.25) is 5.91 Å². The highest BCUT2D eigenvalue weighted by Crippen LogP contribution is 2.28. The Balaban J connectivity index is 0.000000171. The van der Waals surface area contributed by atoms with Crippen LogP contribution in [-0.2, 0) is 64.6 Å². The lowest BCUT2D eigenvalue weighted by molar-refractivity contribution is -0.143. The smallest absolute Gasteiger partial charge is 0.411 e. The van der Waals surface area contributed by atoms with Crippen molar-refractivity contribution in [3.05, 3.63) is 178 Å². The maximum atomic E-state index is 13.4. The first-order valence-corrected chi connectivity index (χ1v) is 30.4. The van der Waals surface area contributed by atoms with Crippen LogP contribution < -0.4 is 11.1 Å². The minimum Gasteiger partial charge on any atom is -0.480 e. The molecular formula is C69H92N8O7. The van der Waals surface area contributed by atoms with Crippen molar-refractivity contribution in [3.63, 3.8) is 0 Å². The number of carbonyl (C=O) groups is 4. The molecule has 5 aromatic rings. The fourth-order valence-corrected chi connectivity index (χ4v) is 11.0. The molecule has 84 heavy (non-hydrogen) atoms. The Kier molecular flexibility index (Phi) is 24.3. The van der Waals surface area contributed by atoms with Gasteiger partial charge in [0.1, 0.15) is 23.3 Å². The topological polar surface area (TPSA) is 183 Å². The summed E-state index contributed by atoms with van der Waals surface area (Å²) < 4.78 is 10.9. The number of benzene rings is 5. The second-order valence-corrected chi connectivity index (χ2v) is 25.0. The summed E-state index contributed by atoms with van der Waals surface area (Å²) >= 11 is 0. The van der Waals surface area contributed by atoms with Crippen molar-refractivity contribution < 1.29 is 33.8 Å². The van der Waals surface area contributed by atoms with Gasteiger partial charge < -0.3 is 25.6 Å². The van der Waals surface area contributed by atoms with Crippen LogP contribution in [0.1, 0.15) is 144 Å². The van der Waals surface area contributed by atoms with Gasteiger partial charge in [0.15, 0.2) is 0 Å². The summed E-state index contributed by atoms with van der Waals surface area (Å²) in [6.45, 7) is 20.5. The Bertz CT molecular complexity index is 2910. The van der Waals surface area contributed by atoms with Gasteiger partial charge in [-0.3, -0.25) is 24.4 Å². The fourth-order valence-electron chi connectivity index (χ4n) is 11.0. The number of carboxylic acid groups (broad SMARTS) is 1. The number of carboxylic acids is 1. The molecule has 0 radical (unpaired) electrons. The lowest BCUT2D eigenvalue weighted by Crippen LogP contribution is -2.56. The summed E-state index contributed by atoms with van der Waals surface area (Å²) in [5.41, 5.74) is 14.0. The highest BCUT2D eigenvalue weighted by molar-refractivity contribution is 5.87. The van der Waals surface area contributed by atoms with E-state index in [0.717, 1.165) is 87.2 Å². The molecule has 0 spiro atoms. The number of aliphatic carboxylic acids is 1. The first kappa shape index (κ1) is 64.4. The van der Waals surface area contributed by atoms with Gasteiger partial charge in [0, 0.05) is 51.1 Å². The maximum absolute atomic E-state index is 13.4. The van der Waals surface area contributed by atoms with E-state index >= 15 is 0 Å². The molecule has 3 fully saturated rings. The number of likely N-dealkylation sites (tertiary alicyclic amines) is 2.